The standard InChI is InChI=1S/C14H18INO2S/c1-2-3-7-10-16-13(11-14(15)19(16,17)18)12-8-5-4-6-9-12/h4-6,8-9,11,13H,2-3,7,10H2,1H3. The van der Waals surface area contributed by atoms with Crippen molar-refractivity contribution >= 4 is 32.6 Å². The summed E-state index contributed by atoms with van der Waals surface area (Å²) in [7, 11) is -3.26. The Hall–Kier alpha value is -0.400. The van der Waals surface area contributed by atoms with Crippen LogP contribution in [0.4, 0.5) is 0 Å². The van der Waals surface area contributed by atoms with Gasteiger partial charge in [0.15, 0.2) is 0 Å². The van der Waals surface area contributed by atoms with Gasteiger partial charge in [-0.2, -0.15) is 4.31 Å². The molecule has 1 aromatic carbocycles. The first-order valence-corrected chi connectivity index (χ1v) is 9.03. The van der Waals surface area contributed by atoms with Crippen molar-refractivity contribution in [2.24, 2.45) is 0 Å². The minimum absolute atomic E-state index is 0.144. The van der Waals surface area contributed by atoms with Crippen molar-refractivity contribution in [3.8, 4) is 0 Å². The molecule has 0 saturated carbocycles. The zero-order valence-electron chi connectivity index (χ0n) is 10.9. The maximum Gasteiger partial charge on any atom is 0.249 e. The van der Waals surface area contributed by atoms with Crippen molar-refractivity contribution in [2.45, 2.75) is 32.2 Å². The van der Waals surface area contributed by atoms with Gasteiger partial charge < -0.3 is 0 Å². The lowest BCUT2D eigenvalue weighted by Crippen LogP contribution is -2.30. The first-order chi connectivity index (χ1) is 9.07. The maximum absolute atomic E-state index is 12.3. The molecule has 1 aromatic rings. The normalized spacial score (nSPS) is 22.4. The Bertz CT molecular complexity index is 554. The largest absolute Gasteiger partial charge is 0.249 e. The lowest BCUT2D eigenvalue weighted by atomic mass is 10.1. The van der Waals surface area contributed by atoms with Gasteiger partial charge in [-0.15, -0.1) is 0 Å². The minimum Gasteiger partial charge on any atom is -0.206 e. The topological polar surface area (TPSA) is 37.4 Å². The van der Waals surface area contributed by atoms with Crippen molar-refractivity contribution in [2.75, 3.05) is 6.54 Å². The van der Waals surface area contributed by atoms with Crippen LogP contribution in [0.1, 0.15) is 37.8 Å². The molecule has 0 bridgehead atoms. The number of benzene rings is 1. The van der Waals surface area contributed by atoms with E-state index in [9.17, 15) is 8.42 Å². The Labute approximate surface area is 128 Å². The Balaban J connectivity index is 2.26. The average Bonchev–Trinajstić information content (AvgIpc) is 2.63. The fourth-order valence-corrected chi connectivity index (χ4v) is 4.72. The van der Waals surface area contributed by atoms with Gasteiger partial charge in [0.2, 0.25) is 10.0 Å². The molecule has 0 amide bonds. The molecule has 0 saturated heterocycles. The second kappa shape index (κ2) is 6.37. The lowest BCUT2D eigenvalue weighted by molar-refractivity contribution is 0.372. The van der Waals surface area contributed by atoms with E-state index < -0.39 is 10.0 Å². The average molecular weight is 391 g/mol. The zero-order chi connectivity index (χ0) is 13.9. The molecule has 104 valence electrons. The molecule has 0 aromatic heterocycles. The van der Waals surface area contributed by atoms with Gasteiger partial charge in [-0.3, -0.25) is 0 Å². The second-order valence-corrected chi connectivity index (χ2v) is 8.40. The highest BCUT2D eigenvalue weighted by Gasteiger charge is 2.37. The summed E-state index contributed by atoms with van der Waals surface area (Å²) in [6, 6.07) is 9.67. The Morgan fingerprint density at radius 3 is 2.53 bits per heavy atom. The van der Waals surface area contributed by atoms with Gasteiger partial charge >= 0.3 is 0 Å². The molecular weight excluding hydrogens is 373 g/mol. The number of sulfonamides is 1. The molecular formula is C14H18INO2S. The molecule has 0 aliphatic carbocycles. The number of hydrogen-bond acceptors (Lipinski definition) is 2. The van der Waals surface area contributed by atoms with E-state index in [1.165, 1.54) is 0 Å². The smallest absolute Gasteiger partial charge is 0.206 e. The Morgan fingerprint density at radius 1 is 1.21 bits per heavy atom. The molecule has 0 radical (unpaired) electrons. The second-order valence-electron chi connectivity index (χ2n) is 4.65. The monoisotopic (exact) mass is 391 g/mol. The molecule has 0 N–H and O–H groups in total. The number of nitrogens with zero attached hydrogens (tertiary/aromatic N) is 1. The summed E-state index contributed by atoms with van der Waals surface area (Å²) >= 11 is 1.92. The fourth-order valence-electron chi connectivity index (χ4n) is 2.24. The SMILES string of the molecule is CCCCCN1C(c2ccccc2)C=C(I)S1(=O)=O. The predicted molar refractivity (Wildman–Crippen MR) is 86.4 cm³/mol. The molecule has 19 heavy (non-hydrogen) atoms. The van der Waals surface area contributed by atoms with Gasteiger partial charge in [-0.05, 0) is 40.7 Å². The van der Waals surface area contributed by atoms with Crippen LogP contribution in [0.5, 0.6) is 0 Å². The molecule has 3 nitrogen and oxygen atoms in total. The number of unbranched alkanes of at least 4 members (excludes halogenated alkanes) is 2. The van der Waals surface area contributed by atoms with Crippen LogP contribution in [0.15, 0.2) is 39.3 Å². The Kier molecular flexibility index (Phi) is 5.03. The molecule has 2 rings (SSSR count). The van der Waals surface area contributed by atoms with E-state index >= 15 is 0 Å². The molecule has 0 spiro atoms. The summed E-state index contributed by atoms with van der Waals surface area (Å²) in [5.74, 6) is 0. The van der Waals surface area contributed by atoms with E-state index in [2.05, 4.69) is 6.92 Å². The van der Waals surface area contributed by atoms with Crippen LogP contribution in [-0.4, -0.2) is 19.3 Å². The Morgan fingerprint density at radius 2 is 1.89 bits per heavy atom. The van der Waals surface area contributed by atoms with Gasteiger partial charge in [-0.25, -0.2) is 8.42 Å². The predicted octanol–water partition coefficient (Wildman–Crippen LogP) is 3.84. The highest BCUT2D eigenvalue weighted by atomic mass is 127. The number of halogens is 1. The molecule has 1 unspecified atom stereocenters. The van der Waals surface area contributed by atoms with Crippen molar-refractivity contribution < 1.29 is 8.42 Å². The van der Waals surface area contributed by atoms with Gasteiger partial charge in [0.05, 0.1) is 6.04 Å². The van der Waals surface area contributed by atoms with E-state index in [1.807, 2.05) is 59.0 Å². The third kappa shape index (κ3) is 3.20. The van der Waals surface area contributed by atoms with Crippen LogP contribution in [0, 0.1) is 0 Å². The summed E-state index contributed by atoms with van der Waals surface area (Å²) in [5, 5.41) is 0. The van der Waals surface area contributed by atoms with Crippen LogP contribution in [0.2, 0.25) is 0 Å². The quantitative estimate of drug-likeness (QED) is 0.565. The third-order valence-corrected chi connectivity index (χ3v) is 6.96. The fraction of sp³-hybridized carbons (Fsp3) is 0.429. The molecule has 1 heterocycles. The first-order valence-electron chi connectivity index (χ1n) is 6.51. The lowest BCUT2D eigenvalue weighted by Gasteiger charge is -2.23. The third-order valence-electron chi connectivity index (χ3n) is 3.28. The van der Waals surface area contributed by atoms with Gasteiger partial charge in [0.1, 0.15) is 2.91 Å². The molecule has 1 aliphatic rings. The minimum atomic E-state index is -3.26. The van der Waals surface area contributed by atoms with E-state index in [-0.39, 0.29) is 6.04 Å². The van der Waals surface area contributed by atoms with Crippen LogP contribution in [-0.2, 0) is 10.0 Å². The van der Waals surface area contributed by atoms with Crippen LogP contribution in [0.25, 0.3) is 0 Å². The first kappa shape index (κ1) is 15.0. The summed E-state index contributed by atoms with van der Waals surface area (Å²) < 4.78 is 26.7. The van der Waals surface area contributed by atoms with Crippen molar-refractivity contribution in [1.29, 1.82) is 0 Å². The van der Waals surface area contributed by atoms with Gasteiger partial charge in [-0.1, -0.05) is 50.1 Å². The highest BCUT2D eigenvalue weighted by molar-refractivity contribution is 14.1. The number of hydrogen-bond donors (Lipinski definition) is 0. The van der Waals surface area contributed by atoms with Gasteiger partial charge in [0, 0.05) is 6.54 Å². The van der Waals surface area contributed by atoms with Crippen LogP contribution in [0.3, 0.4) is 0 Å². The molecule has 0 fully saturated rings. The summed E-state index contributed by atoms with van der Waals surface area (Å²) in [6.45, 7) is 2.72. The number of rotatable bonds is 5. The van der Waals surface area contributed by atoms with E-state index in [0.29, 0.717) is 9.46 Å². The van der Waals surface area contributed by atoms with Crippen LogP contribution >= 0.6 is 22.6 Å². The summed E-state index contributed by atoms with van der Waals surface area (Å²) in [4.78, 5) is 0. The van der Waals surface area contributed by atoms with Crippen molar-refractivity contribution in [3.05, 3.63) is 44.9 Å². The molecule has 5 heteroatoms. The van der Waals surface area contributed by atoms with E-state index in [4.69, 9.17) is 0 Å². The van der Waals surface area contributed by atoms with Crippen molar-refractivity contribution in [3.63, 3.8) is 0 Å². The van der Waals surface area contributed by atoms with Crippen molar-refractivity contribution in [1.82, 2.24) is 4.31 Å². The summed E-state index contributed by atoms with van der Waals surface area (Å²) in [5.41, 5.74) is 1.04. The molecule has 1 atom stereocenters. The molecule has 1 aliphatic heterocycles. The highest BCUT2D eigenvalue weighted by Crippen LogP contribution is 2.39. The maximum atomic E-state index is 12.3. The zero-order valence-corrected chi connectivity index (χ0v) is 13.9. The van der Waals surface area contributed by atoms with E-state index in [1.54, 1.807) is 4.31 Å². The summed E-state index contributed by atoms with van der Waals surface area (Å²) in [6.07, 6.45) is 4.91. The van der Waals surface area contributed by atoms with Gasteiger partial charge in [0.25, 0.3) is 0 Å². The van der Waals surface area contributed by atoms with Crippen LogP contribution < -0.4 is 0 Å². The van der Waals surface area contributed by atoms with E-state index in [0.717, 1.165) is 24.8 Å².